The van der Waals surface area contributed by atoms with Gasteiger partial charge in [-0.05, 0) is 18.9 Å². The van der Waals surface area contributed by atoms with Crippen LogP contribution < -0.4 is 0 Å². The Bertz CT molecular complexity index is 503. The Kier molecular flexibility index (Phi) is 4.74. The first-order valence-electron chi connectivity index (χ1n) is 6.96. The lowest BCUT2D eigenvalue weighted by atomic mass is 10.1. The molecule has 0 saturated carbocycles. The zero-order valence-electron chi connectivity index (χ0n) is 11.7. The molecule has 0 aromatic carbocycles. The van der Waals surface area contributed by atoms with Crippen molar-refractivity contribution in [3.8, 4) is 0 Å². The average Bonchev–Trinajstić information content (AvgIpc) is 3.00. The fraction of sp³-hybridized carbons (Fsp3) is 0.571. The number of nitrogens with zero attached hydrogens (tertiary/aromatic N) is 4. The molecule has 0 saturated heterocycles. The molecule has 2 heterocycles. The molecule has 19 heavy (non-hydrogen) atoms. The van der Waals surface area contributed by atoms with Crippen LogP contribution in [0.25, 0.3) is 0 Å². The summed E-state index contributed by atoms with van der Waals surface area (Å²) >= 11 is 0. The van der Waals surface area contributed by atoms with Gasteiger partial charge < -0.3 is 9.67 Å². The van der Waals surface area contributed by atoms with Gasteiger partial charge in [-0.15, -0.1) is 0 Å². The minimum Gasteiger partial charge on any atom is -0.386 e. The number of hydrogen-bond acceptors (Lipinski definition) is 3. The third-order valence-corrected chi connectivity index (χ3v) is 3.17. The van der Waals surface area contributed by atoms with Crippen LogP contribution in [0.5, 0.6) is 0 Å². The van der Waals surface area contributed by atoms with Crippen LogP contribution in [0.2, 0.25) is 0 Å². The van der Waals surface area contributed by atoms with Gasteiger partial charge >= 0.3 is 0 Å². The maximum atomic E-state index is 10.4. The van der Waals surface area contributed by atoms with E-state index in [1.54, 1.807) is 12.4 Å². The first-order chi connectivity index (χ1) is 9.26. The summed E-state index contributed by atoms with van der Waals surface area (Å²) in [4.78, 5) is 4.33. The van der Waals surface area contributed by atoms with E-state index in [0.29, 0.717) is 6.42 Å². The largest absolute Gasteiger partial charge is 0.386 e. The molecule has 0 aliphatic heterocycles. The van der Waals surface area contributed by atoms with Crippen molar-refractivity contribution in [3.63, 3.8) is 0 Å². The molecule has 0 bridgehead atoms. The number of imidazole rings is 1. The number of aliphatic hydroxyl groups is 1. The lowest BCUT2D eigenvalue weighted by Crippen LogP contribution is -2.13. The van der Waals surface area contributed by atoms with Gasteiger partial charge in [0, 0.05) is 38.1 Å². The average molecular weight is 262 g/mol. The first kappa shape index (κ1) is 13.8. The topological polar surface area (TPSA) is 55.9 Å². The molecule has 0 radical (unpaired) electrons. The first-order valence-corrected chi connectivity index (χ1v) is 6.96. The molecule has 5 nitrogen and oxygen atoms in total. The van der Waals surface area contributed by atoms with Crippen LogP contribution in [-0.2, 0) is 19.5 Å². The molecule has 0 aliphatic rings. The Morgan fingerprint density at radius 2 is 2.00 bits per heavy atom. The summed E-state index contributed by atoms with van der Waals surface area (Å²) in [6, 6.07) is 1.88. The minimum atomic E-state index is -0.549. The van der Waals surface area contributed by atoms with Crippen molar-refractivity contribution >= 4 is 0 Å². The summed E-state index contributed by atoms with van der Waals surface area (Å²) in [7, 11) is 0. The summed E-state index contributed by atoms with van der Waals surface area (Å²) in [6.45, 7) is 6.02. The molecule has 2 aromatic heterocycles. The van der Waals surface area contributed by atoms with Crippen molar-refractivity contribution in [3.05, 3.63) is 36.2 Å². The maximum absolute atomic E-state index is 10.4. The third-order valence-electron chi connectivity index (χ3n) is 3.17. The molecule has 0 aliphatic carbocycles. The Labute approximate surface area is 113 Å². The molecule has 5 heteroatoms. The Morgan fingerprint density at radius 3 is 2.74 bits per heavy atom. The molecule has 0 fully saturated rings. The quantitative estimate of drug-likeness (QED) is 0.832. The monoisotopic (exact) mass is 262 g/mol. The zero-order valence-corrected chi connectivity index (χ0v) is 11.7. The number of hydrogen-bond donors (Lipinski definition) is 1. The lowest BCUT2D eigenvalue weighted by Gasteiger charge is -2.14. The van der Waals surface area contributed by atoms with Crippen molar-refractivity contribution in [2.75, 3.05) is 0 Å². The standard InChI is InChI=1S/C14H22N4O/c1-3-8-17-10-7-15-14(17)11-13(19)12-5-6-16-18(12)9-4-2/h5-7,10,13,19H,3-4,8-9,11H2,1-2H3. The Hall–Kier alpha value is -1.62. The van der Waals surface area contributed by atoms with Crippen molar-refractivity contribution in [2.24, 2.45) is 0 Å². The van der Waals surface area contributed by atoms with E-state index < -0.39 is 6.10 Å². The molecule has 1 atom stereocenters. The molecule has 1 unspecified atom stereocenters. The molecular weight excluding hydrogens is 240 g/mol. The summed E-state index contributed by atoms with van der Waals surface area (Å²) in [6.07, 6.45) is 7.55. The van der Waals surface area contributed by atoms with Gasteiger partial charge in [0.2, 0.25) is 0 Å². The van der Waals surface area contributed by atoms with Gasteiger partial charge in [-0.1, -0.05) is 13.8 Å². The van der Waals surface area contributed by atoms with Crippen molar-refractivity contribution in [1.82, 2.24) is 19.3 Å². The van der Waals surface area contributed by atoms with E-state index in [2.05, 4.69) is 28.5 Å². The van der Waals surface area contributed by atoms with Gasteiger partial charge in [-0.2, -0.15) is 5.10 Å². The van der Waals surface area contributed by atoms with Crippen LogP contribution in [0.3, 0.4) is 0 Å². The van der Waals surface area contributed by atoms with Crippen LogP contribution in [0.1, 0.15) is 44.3 Å². The van der Waals surface area contributed by atoms with Crippen molar-refractivity contribution < 1.29 is 5.11 Å². The second-order valence-electron chi connectivity index (χ2n) is 4.74. The van der Waals surface area contributed by atoms with Gasteiger partial charge in [-0.3, -0.25) is 4.68 Å². The number of rotatable bonds is 7. The number of aryl methyl sites for hydroxylation is 2. The summed E-state index contributed by atoms with van der Waals surface area (Å²) < 4.78 is 3.97. The van der Waals surface area contributed by atoms with Gasteiger partial charge in [0.15, 0.2) is 0 Å². The van der Waals surface area contributed by atoms with E-state index >= 15 is 0 Å². The molecule has 2 rings (SSSR count). The fourth-order valence-electron chi connectivity index (χ4n) is 2.28. The van der Waals surface area contributed by atoms with Crippen LogP contribution in [0, 0.1) is 0 Å². The summed E-state index contributed by atoms with van der Waals surface area (Å²) in [5, 5.41) is 14.6. The van der Waals surface area contributed by atoms with Crippen LogP contribution in [0.4, 0.5) is 0 Å². The van der Waals surface area contributed by atoms with Crippen LogP contribution in [0.15, 0.2) is 24.7 Å². The predicted molar refractivity (Wildman–Crippen MR) is 73.7 cm³/mol. The highest BCUT2D eigenvalue weighted by Crippen LogP contribution is 2.17. The van der Waals surface area contributed by atoms with Gasteiger partial charge in [0.05, 0.1) is 5.69 Å². The van der Waals surface area contributed by atoms with E-state index in [4.69, 9.17) is 0 Å². The zero-order chi connectivity index (χ0) is 13.7. The highest BCUT2D eigenvalue weighted by Gasteiger charge is 2.16. The van der Waals surface area contributed by atoms with Gasteiger partial charge in [0.25, 0.3) is 0 Å². The summed E-state index contributed by atoms with van der Waals surface area (Å²) in [5.41, 5.74) is 0.868. The van der Waals surface area contributed by atoms with Crippen molar-refractivity contribution in [1.29, 1.82) is 0 Å². The third kappa shape index (κ3) is 3.23. The van der Waals surface area contributed by atoms with E-state index in [-0.39, 0.29) is 0 Å². The SMILES string of the molecule is CCCn1ccnc1CC(O)c1ccnn1CCC. The molecule has 0 spiro atoms. The smallest absolute Gasteiger partial charge is 0.111 e. The predicted octanol–water partition coefficient (Wildman–Crippen LogP) is 2.18. The highest BCUT2D eigenvalue weighted by atomic mass is 16.3. The lowest BCUT2D eigenvalue weighted by molar-refractivity contribution is 0.162. The van der Waals surface area contributed by atoms with Crippen molar-refractivity contribution in [2.45, 2.75) is 52.3 Å². The molecular formula is C14H22N4O. The van der Waals surface area contributed by atoms with Crippen LogP contribution >= 0.6 is 0 Å². The number of aromatic nitrogens is 4. The highest BCUT2D eigenvalue weighted by molar-refractivity contribution is 5.08. The van der Waals surface area contributed by atoms with Gasteiger partial charge in [-0.25, -0.2) is 4.98 Å². The Morgan fingerprint density at radius 1 is 1.21 bits per heavy atom. The van der Waals surface area contributed by atoms with E-state index in [0.717, 1.165) is 37.4 Å². The molecule has 0 amide bonds. The maximum Gasteiger partial charge on any atom is 0.111 e. The summed E-state index contributed by atoms with van der Waals surface area (Å²) in [5.74, 6) is 0.929. The normalized spacial score (nSPS) is 12.8. The van der Waals surface area contributed by atoms with E-state index in [9.17, 15) is 5.11 Å². The fourth-order valence-corrected chi connectivity index (χ4v) is 2.28. The van der Waals surface area contributed by atoms with E-state index in [1.807, 2.05) is 16.9 Å². The van der Waals surface area contributed by atoms with Crippen LogP contribution in [-0.4, -0.2) is 24.4 Å². The number of aliphatic hydroxyl groups excluding tert-OH is 1. The Balaban J connectivity index is 2.09. The molecule has 2 aromatic rings. The second kappa shape index (κ2) is 6.52. The van der Waals surface area contributed by atoms with E-state index in [1.165, 1.54) is 0 Å². The molecule has 1 N–H and O–H groups in total. The molecule has 104 valence electrons. The second-order valence-corrected chi connectivity index (χ2v) is 4.74. The minimum absolute atomic E-state index is 0.530. The van der Waals surface area contributed by atoms with Gasteiger partial charge in [0.1, 0.15) is 11.9 Å².